The van der Waals surface area contributed by atoms with E-state index >= 15 is 0 Å². The molecule has 3 aromatic rings. The molecule has 206 valence electrons. The summed E-state index contributed by atoms with van der Waals surface area (Å²) in [6.45, 7) is -0.0728. The molecular formula is C31H34Cl2N2O4. The number of nitrogens with zero attached hydrogens (tertiary/aromatic N) is 1. The highest BCUT2D eigenvalue weighted by Crippen LogP contribution is 2.28. The highest BCUT2D eigenvalue weighted by atomic mass is 35.5. The third-order valence-electron chi connectivity index (χ3n) is 6.95. The summed E-state index contributed by atoms with van der Waals surface area (Å²) in [5.74, 6) is 0.535. The summed E-state index contributed by atoms with van der Waals surface area (Å²) in [7, 11) is 1.60. The SMILES string of the molecule is COc1cccc(CN(C(=O)COc2ccc(Cl)cc2Cl)[C@H](Cc2ccccc2)C(=O)NC2CCCCC2)c1. The Morgan fingerprint density at radius 1 is 0.949 bits per heavy atom. The van der Waals surface area contributed by atoms with Gasteiger partial charge in [-0.05, 0) is 54.3 Å². The Kier molecular flexibility index (Phi) is 10.5. The third-order valence-corrected chi connectivity index (χ3v) is 7.49. The van der Waals surface area contributed by atoms with Crippen molar-refractivity contribution in [2.75, 3.05) is 13.7 Å². The minimum absolute atomic E-state index is 0.113. The van der Waals surface area contributed by atoms with Gasteiger partial charge in [-0.3, -0.25) is 9.59 Å². The van der Waals surface area contributed by atoms with Crippen LogP contribution >= 0.6 is 23.2 Å². The van der Waals surface area contributed by atoms with Crippen molar-refractivity contribution in [1.29, 1.82) is 0 Å². The summed E-state index contributed by atoms with van der Waals surface area (Å²) in [6.07, 6.45) is 5.65. The average molecular weight is 570 g/mol. The first-order chi connectivity index (χ1) is 18.9. The fraction of sp³-hybridized carbons (Fsp3) is 0.355. The van der Waals surface area contributed by atoms with E-state index in [4.69, 9.17) is 32.7 Å². The van der Waals surface area contributed by atoms with Crippen LogP contribution in [0.4, 0.5) is 0 Å². The summed E-state index contributed by atoms with van der Waals surface area (Å²) in [6, 6.07) is 21.5. The fourth-order valence-electron chi connectivity index (χ4n) is 4.88. The van der Waals surface area contributed by atoms with Crippen LogP contribution in [-0.4, -0.2) is 42.5 Å². The maximum Gasteiger partial charge on any atom is 0.261 e. The van der Waals surface area contributed by atoms with Crippen LogP contribution in [0.2, 0.25) is 10.0 Å². The molecule has 0 bridgehead atoms. The van der Waals surface area contributed by atoms with Crippen LogP contribution in [0.25, 0.3) is 0 Å². The number of methoxy groups -OCH3 is 1. The van der Waals surface area contributed by atoms with Crippen molar-refractivity contribution in [2.45, 2.75) is 57.2 Å². The van der Waals surface area contributed by atoms with E-state index in [9.17, 15) is 9.59 Å². The first-order valence-electron chi connectivity index (χ1n) is 13.3. The van der Waals surface area contributed by atoms with Gasteiger partial charge in [-0.1, -0.05) is 84.9 Å². The second-order valence-electron chi connectivity index (χ2n) is 9.79. The van der Waals surface area contributed by atoms with Gasteiger partial charge in [0.15, 0.2) is 6.61 Å². The Hall–Kier alpha value is -3.22. The van der Waals surface area contributed by atoms with E-state index in [1.807, 2.05) is 54.6 Å². The third kappa shape index (κ3) is 8.38. The molecule has 4 rings (SSSR count). The van der Waals surface area contributed by atoms with Gasteiger partial charge >= 0.3 is 0 Å². The normalized spacial score (nSPS) is 14.3. The Morgan fingerprint density at radius 2 is 1.69 bits per heavy atom. The van der Waals surface area contributed by atoms with E-state index in [1.54, 1.807) is 30.2 Å². The first-order valence-corrected chi connectivity index (χ1v) is 14.0. The Bertz CT molecular complexity index is 1250. The van der Waals surface area contributed by atoms with Gasteiger partial charge in [-0.15, -0.1) is 0 Å². The van der Waals surface area contributed by atoms with E-state index in [1.165, 1.54) is 6.42 Å². The smallest absolute Gasteiger partial charge is 0.261 e. The average Bonchev–Trinajstić information content (AvgIpc) is 2.95. The topological polar surface area (TPSA) is 67.9 Å². The first kappa shape index (κ1) is 28.8. The van der Waals surface area contributed by atoms with Crippen LogP contribution in [0.3, 0.4) is 0 Å². The lowest BCUT2D eigenvalue weighted by Crippen LogP contribution is -2.53. The van der Waals surface area contributed by atoms with Crippen molar-refractivity contribution in [3.63, 3.8) is 0 Å². The molecule has 1 N–H and O–H groups in total. The molecule has 1 aliphatic rings. The molecule has 1 fully saturated rings. The number of hydrogen-bond donors (Lipinski definition) is 1. The van der Waals surface area contributed by atoms with Gasteiger partial charge in [0.1, 0.15) is 17.5 Å². The van der Waals surface area contributed by atoms with Crippen molar-refractivity contribution in [3.8, 4) is 11.5 Å². The van der Waals surface area contributed by atoms with Crippen molar-refractivity contribution in [3.05, 3.63) is 94.0 Å². The van der Waals surface area contributed by atoms with E-state index in [0.717, 1.165) is 36.8 Å². The standard InChI is InChI=1S/C31H34Cl2N2O4/c1-38-26-14-8-11-23(17-26)20-35(30(36)21-39-29-16-15-24(32)19-27(29)33)28(18-22-9-4-2-5-10-22)31(37)34-25-12-6-3-7-13-25/h2,4-5,8-11,14-17,19,25,28H,3,6-7,12-13,18,20-21H2,1H3,(H,34,37)/t28-/m1/s1. The maximum atomic E-state index is 13.8. The number of rotatable bonds is 11. The molecular weight excluding hydrogens is 535 g/mol. The second-order valence-corrected chi connectivity index (χ2v) is 10.6. The van der Waals surface area contributed by atoms with Crippen LogP contribution in [0.15, 0.2) is 72.8 Å². The molecule has 1 aliphatic carbocycles. The molecule has 8 heteroatoms. The number of nitrogens with one attached hydrogen (secondary N) is 1. The van der Waals surface area contributed by atoms with Crippen LogP contribution in [0.5, 0.6) is 11.5 Å². The van der Waals surface area contributed by atoms with Gasteiger partial charge in [0, 0.05) is 24.0 Å². The Morgan fingerprint density at radius 3 is 2.41 bits per heavy atom. The molecule has 2 amide bonds. The predicted octanol–water partition coefficient (Wildman–Crippen LogP) is 6.47. The van der Waals surface area contributed by atoms with Crippen LogP contribution < -0.4 is 14.8 Å². The minimum atomic E-state index is -0.739. The fourth-order valence-corrected chi connectivity index (χ4v) is 5.34. The zero-order valence-corrected chi connectivity index (χ0v) is 23.6. The summed E-state index contributed by atoms with van der Waals surface area (Å²) >= 11 is 12.3. The molecule has 0 aliphatic heterocycles. The predicted molar refractivity (Wildman–Crippen MR) is 154 cm³/mol. The van der Waals surface area contributed by atoms with Gasteiger partial charge in [0.05, 0.1) is 12.1 Å². The van der Waals surface area contributed by atoms with Crippen LogP contribution in [0, 0.1) is 0 Å². The molecule has 0 radical (unpaired) electrons. The van der Waals surface area contributed by atoms with E-state index in [0.29, 0.717) is 28.0 Å². The summed E-state index contributed by atoms with van der Waals surface area (Å²) in [4.78, 5) is 29.2. The number of ether oxygens (including phenoxy) is 2. The summed E-state index contributed by atoms with van der Waals surface area (Å²) < 4.78 is 11.2. The quantitative estimate of drug-likeness (QED) is 0.288. The second kappa shape index (κ2) is 14.2. The highest BCUT2D eigenvalue weighted by molar-refractivity contribution is 6.35. The van der Waals surface area contributed by atoms with Gasteiger partial charge < -0.3 is 19.7 Å². The van der Waals surface area contributed by atoms with E-state index in [2.05, 4.69) is 5.32 Å². The number of carbonyl (C=O) groups excluding carboxylic acids is 2. The van der Waals surface area contributed by atoms with Crippen LogP contribution in [-0.2, 0) is 22.6 Å². The lowest BCUT2D eigenvalue weighted by atomic mass is 9.94. The van der Waals surface area contributed by atoms with E-state index < -0.39 is 6.04 Å². The molecule has 0 aromatic heterocycles. The molecule has 1 atom stereocenters. The van der Waals surface area contributed by atoms with Gasteiger partial charge in [-0.25, -0.2) is 0 Å². The zero-order chi connectivity index (χ0) is 27.6. The number of halogens is 2. The molecule has 0 heterocycles. The van der Waals surface area contributed by atoms with Gasteiger partial charge in [0.2, 0.25) is 5.91 Å². The maximum absolute atomic E-state index is 13.8. The molecule has 0 saturated heterocycles. The zero-order valence-electron chi connectivity index (χ0n) is 22.1. The van der Waals surface area contributed by atoms with Gasteiger partial charge in [0.25, 0.3) is 5.91 Å². The van der Waals surface area contributed by atoms with Crippen molar-refractivity contribution in [1.82, 2.24) is 10.2 Å². The number of amides is 2. The van der Waals surface area contributed by atoms with Crippen molar-refractivity contribution < 1.29 is 19.1 Å². The minimum Gasteiger partial charge on any atom is -0.497 e. The lowest BCUT2D eigenvalue weighted by Gasteiger charge is -2.33. The molecule has 0 spiro atoms. The highest BCUT2D eigenvalue weighted by Gasteiger charge is 2.32. The van der Waals surface area contributed by atoms with Crippen molar-refractivity contribution >= 4 is 35.0 Å². The number of hydrogen-bond acceptors (Lipinski definition) is 4. The monoisotopic (exact) mass is 568 g/mol. The number of carbonyl (C=O) groups is 2. The van der Waals surface area contributed by atoms with Crippen molar-refractivity contribution in [2.24, 2.45) is 0 Å². The molecule has 1 saturated carbocycles. The van der Waals surface area contributed by atoms with Crippen LogP contribution in [0.1, 0.15) is 43.2 Å². The molecule has 6 nitrogen and oxygen atoms in total. The molecule has 0 unspecified atom stereocenters. The molecule has 39 heavy (non-hydrogen) atoms. The van der Waals surface area contributed by atoms with Gasteiger partial charge in [-0.2, -0.15) is 0 Å². The summed E-state index contributed by atoms with van der Waals surface area (Å²) in [5.41, 5.74) is 1.81. The Labute approximate surface area is 240 Å². The Balaban J connectivity index is 1.63. The lowest BCUT2D eigenvalue weighted by molar-refractivity contribution is -0.143. The molecule has 3 aromatic carbocycles. The van der Waals surface area contributed by atoms with E-state index in [-0.39, 0.29) is 31.0 Å². The number of benzene rings is 3. The largest absolute Gasteiger partial charge is 0.497 e. The summed E-state index contributed by atoms with van der Waals surface area (Å²) in [5, 5.41) is 4.02.